The number of hydrogen-bond acceptors (Lipinski definition) is 4. The van der Waals surface area contributed by atoms with Crippen molar-refractivity contribution >= 4 is 33.3 Å². The molecule has 0 aliphatic heterocycles. The van der Waals surface area contributed by atoms with Crippen molar-refractivity contribution in [3.05, 3.63) is 70.3 Å². The Morgan fingerprint density at radius 2 is 1.83 bits per heavy atom. The van der Waals surface area contributed by atoms with Crippen LogP contribution in [0.4, 0.5) is 5.69 Å². The summed E-state index contributed by atoms with van der Waals surface area (Å²) in [5, 5.41) is 6.51. The van der Waals surface area contributed by atoms with Crippen LogP contribution in [0.1, 0.15) is 27.8 Å². The zero-order chi connectivity index (χ0) is 17.1. The molecular formula is C18H13BrN2O3. The molecule has 2 aromatic carbocycles. The summed E-state index contributed by atoms with van der Waals surface area (Å²) >= 11 is 3.37. The maximum Gasteiger partial charge on any atom is 0.277 e. The number of anilines is 1. The molecule has 0 bridgehead atoms. The summed E-state index contributed by atoms with van der Waals surface area (Å²) in [6.45, 7) is 1.48. The maximum atomic E-state index is 12.3. The van der Waals surface area contributed by atoms with Crippen molar-refractivity contribution in [2.24, 2.45) is 0 Å². The molecule has 3 rings (SSSR count). The molecular weight excluding hydrogens is 372 g/mol. The number of rotatable bonds is 4. The Bertz CT molecular complexity index is 901. The number of carbonyl (C=O) groups excluding carboxylic acids is 2. The number of nitrogens with zero attached hydrogens (tertiary/aromatic N) is 1. The smallest absolute Gasteiger partial charge is 0.277 e. The van der Waals surface area contributed by atoms with Gasteiger partial charge < -0.3 is 9.84 Å². The highest BCUT2D eigenvalue weighted by Gasteiger charge is 2.14. The number of hydrogen-bond donors (Lipinski definition) is 1. The van der Waals surface area contributed by atoms with Crippen LogP contribution in [0.25, 0.3) is 11.3 Å². The minimum absolute atomic E-state index is 0.0648. The number of aromatic nitrogens is 1. The summed E-state index contributed by atoms with van der Waals surface area (Å²) in [4.78, 5) is 23.7. The largest absolute Gasteiger partial charge is 0.355 e. The van der Waals surface area contributed by atoms with Gasteiger partial charge in [-0.1, -0.05) is 45.4 Å². The standard InChI is InChI=1S/C18H13BrN2O3/c1-11(22)13-3-2-4-15(9-13)20-18(23)16-10-17(24-21-16)12-5-7-14(19)8-6-12/h2-10H,1H3,(H,20,23). The third kappa shape index (κ3) is 3.60. The normalized spacial score (nSPS) is 10.4. The van der Waals surface area contributed by atoms with E-state index >= 15 is 0 Å². The van der Waals surface area contributed by atoms with Crippen molar-refractivity contribution in [2.75, 3.05) is 5.32 Å². The summed E-state index contributed by atoms with van der Waals surface area (Å²) < 4.78 is 6.18. The van der Waals surface area contributed by atoms with Crippen LogP contribution in [0.2, 0.25) is 0 Å². The minimum Gasteiger partial charge on any atom is -0.355 e. The van der Waals surface area contributed by atoms with Gasteiger partial charge in [-0.05, 0) is 31.2 Å². The van der Waals surface area contributed by atoms with E-state index in [0.29, 0.717) is 17.0 Å². The second-order valence-electron chi connectivity index (χ2n) is 5.17. The zero-order valence-electron chi connectivity index (χ0n) is 12.7. The van der Waals surface area contributed by atoms with Crippen LogP contribution in [-0.2, 0) is 0 Å². The predicted octanol–water partition coefficient (Wildman–Crippen LogP) is 4.56. The topological polar surface area (TPSA) is 72.2 Å². The summed E-state index contributed by atoms with van der Waals surface area (Å²) in [7, 11) is 0. The summed E-state index contributed by atoms with van der Waals surface area (Å²) in [6, 6.07) is 15.8. The molecule has 5 nitrogen and oxygen atoms in total. The maximum absolute atomic E-state index is 12.3. The fourth-order valence-electron chi connectivity index (χ4n) is 2.14. The third-order valence-electron chi connectivity index (χ3n) is 3.40. The number of Topliss-reactive ketones (excluding diaryl/α,β-unsaturated/α-hetero) is 1. The second-order valence-corrected chi connectivity index (χ2v) is 6.09. The van der Waals surface area contributed by atoms with Gasteiger partial charge in [0.1, 0.15) is 0 Å². The molecule has 6 heteroatoms. The van der Waals surface area contributed by atoms with Gasteiger partial charge in [-0.3, -0.25) is 9.59 Å². The molecule has 1 aromatic heterocycles. The van der Waals surface area contributed by atoms with Gasteiger partial charge in [-0.25, -0.2) is 0 Å². The highest BCUT2D eigenvalue weighted by atomic mass is 79.9. The first-order valence-electron chi connectivity index (χ1n) is 7.18. The molecule has 0 unspecified atom stereocenters. The Hall–Kier alpha value is -2.73. The van der Waals surface area contributed by atoms with Gasteiger partial charge in [0.2, 0.25) is 0 Å². The monoisotopic (exact) mass is 384 g/mol. The van der Waals surface area contributed by atoms with Crippen LogP contribution in [0, 0.1) is 0 Å². The van der Waals surface area contributed by atoms with Crippen LogP contribution in [0.15, 0.2) is 63.6 Å². The Balaban J connectivity index is 1.77. The molecule has 0 radical (unpaired) electrons. The quantitative estimate of drug-likeness (QED) is 0.669. The van der Waals surface area contributed by atoms with Gasteiger partial charge in [-0.15, -0.1) is 0 Å². The average Bonchev–Trinajstić information content (AvgIpc) is 3.06. The van der Waals surface area contributed by atoms with Crippen LogP contribution < -0.4 is 5.32 Å². The third-order valence-corrected chi connectivity index (χ3v) is 3.93. The van der Waals surface area contributed by atoms with E-state index in [-0.39, 0.29) is 11.5 Å². The fourth-order valence-corrected chi connectivity index (χ4v) is 2.41. The Morgan fingerprint density at radius 1 is 1.08 bits per heavy atom. The van der Waals surface area contributed by atoms with Crippen LogP contribution >= 0.6 is 15.9 Å². The number of halogens is 1. The lowest BCUT2D eigenvalue weighted by atomic mass is 10.1. The molecule has 0 aliphatic carbocycles. The van der Waals surface area contributed by atoms with Crippen molar-refractivity contribution in [1.29, 1.82) is 0 Å². The number of carbonyl (C=O) groups is 2. The molecule has 1 N–H and O–H groups in total. The van der Waals surface area contributed by atoms with Crippen molar-refractivity contribution in [2.45, 2.75) is 6.92 Å². The molecule has 120 valence electrons. The second kappa shape index (κ2) is 6.80. The SMILES string of the molecule is CC(=O)c1cccc(NC(=O)c2cc(-c3ccc(Br)cc3)on2)c1. The fraction of sp³-hybridized carbons (Fsp3) is 0.0556. The van der Waals surface area contributed by atoms with Gasteiger partial charge in [0.25, 0.3) is 5.91 Å². The molecule has 1 amide bonds. The number of nitrogens with one attached hydrogen (secondary N) is 1. The lowest BCUT2D eigenvalue weighted by molar-refractivity contribution is 0.100. The molecule has 24 heavy (non-hydrogen) atoms. The van der Waals surface area contributed by atoms with Gasteiger partial charge in [0.05, 0.1) is 0 Å². The molecule has 0 saturated heterocycles. The molecule has 0 spiro atoms. The molecule has 1 heterocycles. The van der Waals surface area contributed by atoms with E-state index in [1.54, 1.807) is 30.3 Å². The van der Waals surface area contributed by atoms with Gasteiger partial charge in [0.15, 0.2) is 17.2 Å². The lowest BCUT2D eigenvalue weighted by Gasteiger charge is -2.04. The van der Waals surface area contributed by atoms with Crippen molar-refractivity contribution in [3.8, 4) is 11.3 Å². The number of ketones is 1. The highest BCUT2D eigenvalue weighted by molar-refractivity contribution is 9.10. The molecule has 0 saturated carbocycles. The first kappa shape index (κ1) is 16.1. The summed E-state index contributed by atoms with van der Waals surface area (Å²) in [5.41, 5.74) is 2.05. The van der Waals surface area contributed by atoms with E-state index in [9.17, 15) is 9.59 Å². The van der Waals surface area contributed by atoms with E-state index in [1.165, 1.54) is 6.92 Å². The van der Waals surface area contributed by atoms with Gasteiger partial charge in [0, 0.05) is 27.4 Å². The highest BCUT2D eigenvalue weighted by Crippen LogP contribution is 2.23. The van der Waals surface area contributed by atoms with E-state index in [1.807, 2.05) is 24.3 Å². The number of amides is 1. The zero-order valence-corrected chi connectivity index (χ0v) is 14.3. The van der Waals surface area contributed by atoms with Crippen molar-refractivity contribution in [3.63, 3.8) is 0 Å². The van der Waals surface area contributed by atoms with E-state index in [4.69, 9.17) is 4.52 Å². The van der Waals surface area contributed by atoms with Gasteiger partial charge in [-0.2, -0.15) is 0 Å². The predicted molar refractivity (Wildman–Crippen MR) is 94.0 cm³/mol. The van der Waals surface area contributed by atoms with E-state index < -0.39 is 5.91 Å². The van der Waals surface area contributed by atoms with Crippen molar-refractivity contribution in [1.82, 2.24) is 5.16 Å². The Kier molecular flexibility index (Phi) is 4.57. The molecule has 0 fully saturated rings. The summed E-state index contributed by atoms with van der Waals surface area (Å²) in [5.74, 6) is 0.0398. The van der Waals surface area contributed by atoms with Crippen LogP contribution in [-0.4, -0.2) is 16.8 Å². The molecule has 0 aliphatic rings. The Morgan fingerprint density at radius 3 is 2.54 bits per heavy atom. The molecule has 3 aromatic rings. The minimum atomic E-state index is -0.400. The van der Waals surface area contributed by atoms with Gasteiger partial charge >= 0.3 is 0 Å². The molecule has 0 atom stereocenters. The first-order chi connectivity index (χ1) is 11.5. The van der Waals surface area contributed by atoms with Crippen LogP contribution in [0.3, 0.4) is 0 Å². The van der Waals surface area contributed by atoms with E-state index in [0.717, 1.165) is 10.0 Å². The van der Waals surface area contributed by atoms with Crippen molar-refractivity contribution < 1.29 is 14.1 Å². The average molecular weight is 385 g/mol. The first-order valence-corrected chi connectivity index (χ1v) is 7.97. The van der Waals surface area contributed by atoms with Crippen LogP contribution in [0.5, 0.6) is 0 Å². The summed E-state index contributed by atoms with van der Waals surface area (Å²) in [6.07, 6.45) is 0. The lowest BCUT2D eigenvalue weighted by Crippen LogP contribution is -2.12. The Labute approximate surface area is 146 Å². The number of benzene rings is 2. The van der Waals surface area contributed by atoms with E-state index in [2.05, 4.69) is 26.4 Å².